The van der Waals surface area contributed by atoms with Crippen molar-refractivity contribution in [3.63, 3.8) is 0 Å². The molecule has 0 heterocycles. The lowest BCUT2D eigenvalue weighted by atomic mass is 9.79. The number of rotatable bonds is 4. The number of benzene rings is 2. The van der Waals surface area contributed by atoms with Gasteiger partial charge in [-0.25, -0.2) is 22.0 Å². The van der Waals surface area contributed by atoms with Crippen molar-refractivity contribution in [1.82, 2.24) is 0 Å². The van der Waals surface area contributed by atoms with Gasteiger partial charge in [-0.05, 0) is 23.7 Å². The molecular formula is C18H11BF8N2OS. The van der Waals surface area contributed by atoms with Gasteiger partial charge in [0.2, 0.25) is 0 Å². The van der Waals surface area contributed by atoms with Crippen molar-refractivity contribution in [3.05, 3.63) is 71.1 Å². The van der Waals surface area contributed by atoms with Crippen LogP contribution in [-0.2, 0) is 14.1 Å². The topological polar surface area (TPSA) is 64.7 Å². The first-order chi connectivity index (χ1) is 14.3. The predicted molar refractivity (Wildman–Crippen MR) is 97.8 cm³/mol. The summed E-state index contributed by atoms with van der Waals surface area (Å²) < 4.78 is 110. The first-order valence-electron chi connectivity index (χ1n) is 8.01. The number of allylic oxidation sites excluding steroid dienone is 1. The molecule has 13 heteroatoms. The van der Waals surface area contributed by atoms with Crippen LogP contribution in [0.2, 0.25) is 0 Å². The van der Waals surface area contributed by atoms with Gasteiger partial charge in [0, 0.05) is 0 Å². The van der Waals surface area contributed by atoms with Crippen molar-refractivity contribution < 1.29 is 39.1 Å². The van der Waals surface area contributed by atoms with Crippen LogP contribution in [0, 0.1) is 51.7 Å². The second kappa shape index (κ2) is 10.2. The summed E-state index contributed by atoms with van der Waals surface area (Å²) >= 11 is 0. The Labute approximate surface area is 172 Å². The van der Waals surface area contributed by atoms with E-state index in [0.29, 0.717) is 0 Å². The van der Waals surface area contributed by atoms with E-state index >= 15 is 0 Å². The summed E-state index contributed by atoms with van der Waals surface area (Å²) in [6.45, 7) is -6.30. The molecule has 1 unspecified atom stereocenters. The smallest absolute Gasteiger partial charge is 0.445 e. The van der Waals surface area contributed by atoms with Gasteiger partial charge in [-0.3, -0.25) is 0 Å². The van der Waals surface area contributed by atoms with E-state index in [1.165, 1.54) is 6.08 Å². The Morgan fingerprint density at radius 2 is 1.32 bits per heavy atom. The highest BCUT2D eigenvalue weighted by Gasteiger charge is 2.37. The minimum Gasteiger partial charge on any atom is -0.445 e. The van der Waals surface area contributed by atoms with Gasteiger partial charge in [-0.1, -0.05) is 22.4 Å². The second-order valence-electron chi connectivity index (χ2n) is 5.88. The van der Waals surface area contributed by atoms with E-state index in [9.17, 15) is 39.1 Å². The van der Waals surface area contributed by atoms with Gasteiger partial charge in [0.15, 0.2) is 22.3 Å². The van der Waals surface area contributed by atoms with Crippen LogP contribution in [0.1, 0.15) is 0 Å². The molecule has 0 fully saturated rings. The molecule has 0 amide bonds. The number of hydrogen-bond donors (Lipinski definition) is 0. The Bertz CT molecular complexity index is 1080. The van der Waals surface area contributed by atoms with E-state index in [1.807, 2.05) is 18.2 Å². The first kappa shape index (κ1) is 25.9. The lowest BCUT2D eigenvalue weighted by Gasteiger charge is -2.17. The molecule has 0 N–H and O–H groups in total. The number of nitriles is 2. The van der Waals surface area contributed by atoms with Gasteiger partial charge in [-0.2, -0.15) is 10.5 Å². The maximum absolute atomic E-state index is 12.5. The van der Waals surface area contributed by atoms with Crippen molar-refractivity contribution >= 4 is 22.4 Å². The molecule has 0 aliphatic heterocycles. The Morgan fingerprint density at radius 3 is 1.71 bits per heavy atom. The van der Waals surface area contributed by atoms with Gasteiger partial charge in [0.05, 0.1) is 0 Å². The highest BCUT2D eigenvalue weighted by Crippen LogP contribution is 2.21. The predicted octanol–water partition coefficient (Wildman–Crippen LogP) is 4.58. The van der Waals surface area contributed by atoms with Crippen LogP contribution in [-0.4, -0.2) is 19.0 Å². The van der Waals surface area contributed by atoms with Crippen LogP contribution in [0.5, 0.6) is 0 Å². The Balaban J connectivity index is 0.000000311. The fourth-order valence-electron chi connectivity index (χ4n) is 2.07. The normalized spacial score (nSPS) is 12.5. The standard InChI is InChI=1S/C12H11N2OS.C6BF8/c1-16(15,8-7-11(9-13)10-14)12-5-3-2-4-6-12;8-2-1(7(13,14)15)3(9)5(11)6(12)4(2)10/h2-7H,8H2,1H3;/q+1;-1. The average molecular weight is 466 g/mol. The summed E-state index contributed by atoms with van der Waals surface area (Å²) in [5.41, 5.74) is -2.73. The SMILES string of the molecule is C[S+](=O)(CC=C(C#N)C#N)c1ccccc1.Fc1c(F)c(F)c([B-](F)(F)F)c(F)c1F. The third-order valence-corrected chi connectivity index (χ3v) is 5.73. The molecule has 0 bridgehead atoms. The lowest BCUT2D eigenvalue weighted by molar-refractivity contribution is 0.377. The van der Waals surface area contributed by atoms with E-state index < -0.39 is 51.5 Å². The molecule has 2 rings (SSSR count). The molecule has 0 aromatic heterocycles. The number of nitrogens with zero attached hydrogens (tertiary/aromatic N) is 2. The van der Waals surface area contributed by atoms with E-state index in [0.717, 1.165) is 4.90 Å². The van der Waals surface area contributed by atoms with Gasteiger partial charge < -0.3 is 12.9 Å². The highest BCUT2D eigenvalue weighted by molar-refractivity contribution is 8.02. The quantitative estimate of drug-likeness (QED) is 0.166. The fraction of sp³-hybridized carbons (Fsp3) is 0.111. The second-order valence-corrected chi connectivity index (χ2v) is 8.70. The monoisotopic (exact) mass is 466 g/mol. The summed E-state index contributed by atoms with van der Waals surface area (Å²) in [6.07, 6.45) is 3.06. The molecule has 0 saturated heterocycles. The maximum atomic E-state index is 12.5. The first-order valence-corrected chi connectivity index (χ1v) is 10.1. The van der Waals surface area contributed by atoms with Crippen LogP contribution in [0.3, 0.4) is 0 Å². The summed E-state index contributed by atoms with van der Waals surface area (Å²) in [6, 6.07) is 12.6. The van der Waals surface area contributed by atoms with Gasteiger partial charge in [-0.15, -0.1) is 0 Å². The molecule has 0 aliphatic carbocycles. The molecular weight excluding hydrogens is 455 g/mol. The van der Waals surface area contributed by atoms with Gasteiger partial charge in [0.1, 0.15) is 51.3 Å². The summed E-state index contributed by atoms with van der Waals surface area (Å²) in [4.78, 5) is 0.737. The summed E-state index contributed by atoms with van der Waals surface area (Å²) in [5, 5.41) is 17.1. The molecule has 164 valence electrons. The lowest BCUT2D eigenvalue weighted by Crippen LogP contribution is -2.41. The van der Waals surface area contributed by atoms with E-state index in [-0.39, 0.29) is 11.3 Å². The van der Waals surface area contributed by atoms with Crippen molar-refractivity contribution in [3.8, 4) is 12.1 Å². The molecule has 31 heavy (non-hydrogen) atoms. The Kier molecular flexibility index (Phi) is 8.52. The van der Waals surface area contributed by atoms with Crippen molar-refractivity contribution in [2.45, 2.75) is 4.90 Å². The summed E-state index contributed by atoms with van der Waals surface area (Å²) in [5.74, 6) is -13.3. The molecule has 1 atom stereocenters. The maximum Gasteiger partial charge on any atom is 0.515 e. The van der Waals surface area contributed by atoms with Crippen molar-refractivity contribution in [1.29, 1.82) is 10.5 Å². The number of halogens is 8. The molecule has 0 radical (unpaired) electrons. The van der Waals surface area contributed by atoms with Gasteiger partial charge in [0.25, 0.3) is 0 Å². The van der Waals surface area contributed by atoms with E-state index in [2.05, 4.69) is 0 Å². The zero-order chi connectivity index (χ0) is 24.0. The Hall–Kier alpha value is -3.19. The summed E-state index contributed by atoms with van der Waals surface area (Å²) in [7, 11) is -2.20. The third-order valence-electron chi connectivity index (χ3n) is 3.66. The van der Waals surface area contributed by atoms with Crippen LogP contribution in [0.4, 0.5) is 34.9 Å². The van der Waals surface area contributed by atoms with Crippen molar-refractivity contribution in [2.75, 3.05) is 12.0 Å². The zero-order valence-corrected chi connectivity index (χ0v) is 16.3. The van der Waals surface area contributed by atoms with Crippen molar-refractivity contribution in [2.24, 2.45) is 0 Å². The van der Waals surface area contributed by atoms with Crippen LogP contribution in [0.25, 0.3) is 0 Å². The highest BCUT2D eigenvalue weighted by atomic mass is 32.2. The third kappa shape index (κ3) is 6.39. The average Bonchev–Trinajstić information content (AvgIpc) is 2.72. The van der Waals surface area contributed by atoms with Crippen LogP contribution in [0.15, 0.2) is 46.9 Å². The fourth-order valence-corrected chi connectivity index (χ4v) is 3.48. The van der Waals surface area contributed by atoms with E-state index in [1.54, 1.807) is 30.5 Å². The Morgan fingerprint density at radius 1 is 0.903 bits per heavy atom. The minimum absolute atomic E-state index is 0.00510. The van der Waals surface area contributed by atoms with Crippen LogP contribution < -0.4 is 5.46 Å². The molecule has 0 spiro atoms. The minimum atomic E-state index is -6.30. The van der Waals surface area contributed by atoms with E-state index in [4.69, 9.17) is 10.5 Å². The molecule has 3 nitrogen and oxygen atoms in total. The zero-order valence-electron chi connectivity index (χ0n) is 15.5. The molecule has 2 aromatic carbocycles. The van der Waals surface area contributed by atoms with Gasteiger partial charge >= 0.3 is 6.98 Å². The molecule has 0 saturated carbocycles. The van der Waals surface area contributed by atoms with Crippen LogP contribution >= 0.6 is 0 Å². The number of hydrogen-bond acceptors (Lipinski definition) is 3. The molecule has 2 aromatic rings. The largest absolute Gasteiger partial charge is 0.515 e. The molecule has 0 aliphatic rings.